The summed E-state index contributed by atoms with van der Waals surface area (Å²) in [5, 5.41) is 2.51. The molecule has 0 amide bonds. The lowest BCUT2D eigenvalue weighted by Gasteiger charge is -2.35. The van der Waals surface area contributed by atoms with Crippen LogP contribution in [0.1, 0.15) is 22.3 Å². The molecule has 1 heterocycles. The van der Waals surface area contributed by atoms with Crippen molar-refractivity contribution >= 4 is 10.8 Å². The fourth-order valence-corrected chi connectivity index (χ4v) is 9.32. The molecule has 0 aliphatic heterocycles. The zero-order valence-electron chi connectivity index (χ0n) is 32.3. The lowest BCUT2D eigenvalue weighted by Crippen LogP contribution is -2.28. The summed E-state index contributed by atoms with van der Waals surface area (Å²) in [6, 6.07) is 83.0. The zero-order valence-corrected chi connectivity index (χ0v) is 32.3. The van der Waals surface area contributed by atoms with Crippen molar-refractivity contribution < 1.29 is 0 Å². The van der Waals surface area contributed by atoms with Gasteiger partial charge >= 0.3 is 0 Å². The van der Waals surface area contributed by atoms with Crippen LogP contribution in [0, 0.1) is 0 Å². The maximum absolute atomic E-state index is 5.11. The Kier molecular flexibility index (Phi) is 8.41. The Hall–Kier alpha value is -7.68. The van der Waals surface area contributed by atoms with Crippen molar-refractivity contribution in [3.8, 4) is 67.3 Å². The molecule has 2 nitrogen and oxygen atoms in total. The Morgan fingerprint density at radius 2 is 0.847 bits per heavy atom. The maximum atomic E-state index is 5.11. The third kappa shape index (κ3) is 5.80. The summed E-state index contributed by atoms with van der Waals surface area (Å²) in [4.78, 5) is 10.1. The summed E-state index contributed by atoms with van der Waals surface area (Å²) in [7, 11) is 0. The fourth-order valence-electron chi connectivity index (χ4n) is 9.32. The predicted octanol–water partition coefficient (Wildman–Crippen LogP) is 14.3. The second kappa shape index (κ2) is 14.4. The van der Waals surface area contributed by atoms with E-state index in [1.54, 1.807) is 0 Å². The number of nitrogens with zero attached hydrogens (tertiary/aromatic N) is 2. The molecule has 1 aliphatic rings. The SMILES string of the molecule is c1ccc(-c2cc(-c3cccc(-c4ccc(-c5cc6ccccc6c6c5-c5ccccc5C6(c5ccccc5)c5ccccc5)cc4)c3)nc(-c3ccccc3)n2)cc1. The van der Waals surface area contributed by atoms with E-state index < -0.39 is 5.41 Å². The highest BCUT2D eigenvalue weighted by Crippen LogP contribution is 2.60. The molecule has 11 rings (SSSR count). The minimum Gasteiger partial charge on any atom is -0.228 e. The van der Waals surface area contributed by atoms with Gasteiger partial charge in [-0.2, -0.15) is 0 Å². The Morgan fingerprint density at radius 1 is 0.322 bits per heavy atom. The molecule has 0 fully saturated rings. The lowest BCUT2D eigenvalue weighted by molar-refractivity contribution is 0.775. The van der Waals surface area contributed by atoms with Gasteiger partial charge in [-0.1, -0.05) is 212 Å². The van der Waals surface area contributed by atoms with Crippen LogP contribution in [-0.4, -0.2) is 9.97 Å². The summed E-state index contributed by atoms with van der Waals surface area (Å²) in [6.45, 7) is 0. The van der Waals surface area contributed by atoms with Crippen molar-refractivity contribution in [2.75, 3.05) is 0 Å². The number of benzene rings is 9. The van der Waals surface area contributed by atoms with E-state index in [9.17, 15) is 0 Å². The third-order valence-electron chi connectivity index (χ3n) is 12.0. The van der Waals surface area contributed by atoms with Crippen LogP contribution in [0.5, 0.6) is 0 Å². The topological polar surface area (TPSA) is 25.8 Å². The second-order valence-electron chi connectivity index (χ2n) is 15.3. The lowest BCUT2D eigenvalue weighted by atomic mass is 9.66. The van der Waals surface area contributed by atoms with E-state index in [-0.39, 0.29) is 0 Å². The van der Waals surface area contributed by atoms with Gasteiger partial charge in [0.05, 0.1) is 16.8 Å². The van der Waals surface area contributed by atoms with Crippen LogP contribution in [0.15, 0.2) is 231 Å². The van der Waals surface area contributed by atoms with Gasteiger partial charge in [0, 0.05) is 16.7 Å². The molecule has 59 heavy (non-hydrogen) atoms. The van der Waals surface area contributed by atoms with E-state index in [0.717, 1.165) is 39.2 Å². The summed E-state index contributed by atoms with van der Waals surface area (Å²) in [5.74, 6) is 0.713. The average Bonchev–Trinajstić information content (AvgIpc) is 3.65. The highest BCUT2D eigenvalue weighted by atomic mass is 14.9. The van der Waals surface area contributed by atoms with Crippen LogP contribution in [0.2, 0.25) is 0 Å². The molecule has 0 bridgehead atoms. The zero-order chi connectivity index (χ0) is 39.2. The van der Waals surface area contributed by atoms with Gasteiger partial charge in [-0.15, -0.1) is 0 Å². The Labute approximate surface area is 344 Å². The van der Waals surface area contributed by atoms with Crippen LogP contribution >= 0.6 is 0 Å². The molecular weight excluding hydrogens is 713 g/mol. The first kappa shape index (κ1) is 34.6. The van der Waals surface area contributed by atoms with Crippen molar-refractivity contribution in [1.82, 2.24) is 9.97 Å². The number of aromatic nitrogens is 2. The van der Waals surface area contributed by atoms with Gasteiger partial charge in [0.25, 0.3) is 0 Å². The summed E-state index contributed by atoms with van der Waals surface area (Å²) in [6.07, 6.45) is 0. The Morgan fingerprint density at radius 3 is 1.54 bits per heavy atom. The first-order chi connectivity index (χ1) is 29.3. The smallest absolute Gasteiger partial charge is 0.160 e. The van der Waals surface area contributed by atoms with Gasteiger partial charge in [0.15, 0.2) is 5.82 Å². The van der Waals surface area contributed by atoms with Crippen LogP contribution < -0.4 is 0 Å². The van der Waals surface area contributed by atoms with E-state index in [4.69, 9.17) is 9.97 Å². The number of fused-ring (bicyclic) bond motifs is 5. The molecule has 0 unspecified atom stereocenters. The summed E-state index contributed by atoms with van der Waals surface area (Å²) in [5.41, 5.74) is 16.9. The normalized spacial score (nSPS) is 12.5. The number of hydrogen-bond donors (Lipinski definition) is 0. The van der Waals surface area contributed by atoms with E-state index >= 15 is 0 Å². The molecule has 0 atom stereocenters. The van der Waals surface area contributed by atoms with Gasteiger partial charge in [0.1, 0.15) is 0 Å². The van der Waals surface area contributed by atoms with Crippen molar-refractivity contribution in [3.63, 3.8) is 0 Å². The molecule has 0 spiro atoms. The molecule has 9 aromatic carbocycles. The quantitative estimate of drug-likeness (QED) is 0.162. The number of hydrogen-bond acceptors (Lipinski definition) is 2. The molecule has 0 saturated heterocycles. The molecule has 1 aliphatic carbocycles. The Bertz CT molecular complexity index is 3020. The van der Waals surface area contributed by atoms with Crippen LogP contribution in [0.4, 0.5) is 0 Å². The van der Waals surface area contributed by atoms with Crippen molar-refractivity contribution in [2.45, 2.75) is 5.41 Å². The van der Waals surface area contributed by atoms with Crippen LogP contribution in [0.25, 0.3) is 78.1 Å². The van der Waals surface area contributed by atoms with Gasteiger partial charge in [-0.3, -0.25) is 0 Å². The summed E-state index contributed by atoms with van der Waals surface area (Å²) < 4.78 is 0. The van der Waals surface area contributed by atoms with Gasteiger partial charge in [-0.25, -0.2) is 9.97 Å². The minimum absolute atomic E-state index is 0.494. The molecule has 0 N–H and O–H groups in total. The fraction of sp³-hybridized carbons (Fsp3) is 0.0175. The van der Waals surface area contributed by atoms with E-state index in [1.165, 1.54) is 55.3 Å². The molecule has 2 heteroatoms. The van der Waals surface area contributed by atoms with Crippen molar-refractivity contribution in [2.24, 2.45) is 0 Å². The largest absolute Gasteiger partial charge is 0.228 e. The van der Waals surface area contributed by atoms with Gasteiger partial charge < -0.3 is 0 Å². The van der Waals surface area contributed by atoms with Crippen molar-refractivity contribution in [3.05, 3.63) is 253 Å². The monoisotopic (exact) mass is 750 g/mol. The highest BCUT2D eigenvalue weighted by molar-refractivity contribution is 6.06. The first-order valence-electron chi connectivity index (χ1n) is 20.2. The predicted molar refractivity (Wildman–Crippen MR) is 244 cm³/mol. The number of rotatable bonds is 7. The molecule has 276 valence electrons. The van der Waals surface area contributed by atoms with E-state index in [2.05, 4.69) is 206 Å². The van der Waals surface area contributed by atoms with Gasteiger partial charge in [-0.05, 0) is 84.6 Å². The molecule has 10 aromatic rings. The second-order valence-corrected chi connectivity index (χ2v) is 15.3. The average molecular weight is 751 g/mol. The van der Waals surface area contributed by atoms with Crippen LogP contribution in [0.3, 0.4) is 0 Å². The van der Waals surface area contributed by atoms with Crippen LogP contribution in [-0.2, 0) is 5.41 Å². The van der Waals surface area contributed by atoms with E-state index in [0.29, 0.717) is 5.82 Å². The van der Waals surface area contributed by atoms with Crippen molar-refractivity contribution in [1.29, 1.82) is 0 Å². The third-order valence-corrected chi connectivity index (χ3v) is 12.0. The molecule has 0 saturated carbocycles. The maximum Gasteiger partial charge on any atom is 0.160 e. The first-order valence-corrected chi connectivity index (χ1v) is 20.2. The minimum atomic E-state index is -0.494. The van der Waals surface area contributed by atoms with Gasteiger partial charge in [0.2, 0.25) is 0 Å². The Balaban J connectivity index is 1.06. The summed E-state index contributed by atoms with van der Waals surface area (Å²) >= 11 is 0. The van der Waals surface area contributed by atoms with E-state index in [1.807, 2.05) is 24.3 Å². The standard InChI is InChI=1S/C57H38N2/c1-5-18-41(19-6-1)52-38-53(59-56(58-52)42-20-7-2-8-21-42)45-24-17-23-43(36-45)39-32-34-40(35-33-39)50-37-44-22-13-14-29-48(44)55-54(50)49-30-15-16-31-51(49)57(55,46-25-9-3-10-26-46)47-27-11-4-12-28-47/h1-38H. The molecule has 0 radical (unpaired) electrons. The molecular formula is C57H38N2. The highest BCUT2D eigenvalue weighted by Gasteiger charge is 2.48. The molecule has 1 aromatic heterocycles.